The minimum atomic E-state index is 0.0880. The fourth-order valence-electron chi connectivity index (χ4n) is 3.40. The van der Waals surface area contributed by atoms with Gasteiger partial charge in [-0.3, -0.25) is 4.90 Å². The topological polar surface area (TPSA) is 15.3 Å². The van der Waals surface area contributed by atoms with Crippen molar-refractivity contribution in [2.75, 3.05) is 20.1 Å². The first-order valence-corrected chi connectivity index (χ1v) is 7.79. The molecule has 1 N–H and O–H groups in total. The first-order valence-electron chi connectivity index (χ1n) is 7.79. The predicted molar refractivity (Wildman–Crippen MR) is 89.5 cm³/mol. The molecule has 2 heteroatoms. The SMILES string of the molecule is CCN(CC)C(C)(C)C(NC)c1cc(C)c(C)cc1C. The number of hydrogen-bond donors (Lipinski definition) is 1. The Labute approximate surface area is 125 Å². The van der Waals surface area contributed by atoms with Crippen LogP contribution < -0.4 is 5.32 Å². The Balaban J connectivity index is 3.29. The van der Waals surface area contributed by atoms with Crippen LogP contribution >= 0.6 is 0 Å². The van der Waals surface area contributed by atoms with Crippen molar-refractivity contribution in [1.29, 1.82) is 0 Å². The molecule has 1 aromatic rings. The van der Waals surface area contributed by atoms with Crippen LogP contribution in [0.4, 0.5) is 0 Å². The van der Waals surface area contributed by atoms with Crippen molar-refractivity contribution in [1.82, 2.24) is 10.2 Å². The maximum Gasteiger partial charge on any atom is 0.0502 e. The zero-order valence-corrected chi connectivity index (χ0v) is 14.6. The van der Waals surface area contributed by atoms with Crippen LogP contribution in [-0.4, -0.2) is 30.6 Å². The maximum atomic E-state index is 3.55. The average molecular weight is 276 g/mol. The van der Waals surface area contributed by atoms with E-state index in [4.69, 9.17) is 0 Å². The van der Waals surface area contributed by atoms with Gasteiger partial charge in [0, 0.05) is 5.54 Å². The first kappa shape index (κ1) is 17.2. The second kappa shape index (κ2) is 6.73. The zero-order chi connectivity index (χ0) is 15.5. The Hall–Kier alpha value is -0.860. The molecule has 0 aliphatic carbocycles. The van der Waals surface area contributed by atoms with Crippen LogP contribution in [0.5, 0.6) is 0 Å². The molecular formula is C18H32N2. The van der Waals surface area contributed by atoms with E-state index in [1.165, 1.54) is 22.3 Å². The minimum Gasteiger partial charge on any atom is -0.311 e. The van der Waals surface area contributed by atoms with Crippen LogP contribution in [0.15, 0.2) is 12.1 Å². The van der Waals surface area contributed by atoms with E-state index in [0.29, 0.717) is 6.04 Å². The highest BCUT2D eigenvalue weighted by Crippen LogP contribution is 2.33. The average Bonchev–Trinajstić information content (AvgIpc) is 2.37. The fourth-order valence-corrected chi connectivity index (χ4v) is 3.40. The molecule has 0 fully saturated rings. The third kappa shape index (κ3) is 3.24. The number of nitrogens with one attached hydrogen (secondary N) is 1. The van der Waals surface area contributed by atoms with Gasteiger partial charge in [0.2, 0.25) is 0 Å². The third-order valence-corrected chi connectivity index (χ3v) is 4.77. The highest BCUT2D eigenvalue weighted by Gasteiger charge is 2.34. The Morgan fingerprint density at radius 2 is 1.50 bits per heavy atom. The van der Waals surface area contributed by atoms with Gasteiger partial charge in [0.25, 0.3) is 0 Å². The molecule has 1 unspecified atom stereocenters. The summed E-state index contributed by atoms with van der Waals surface area (Å²) in [5, 5.41) is 3.55. The smallest absolute Gasteiger partial charge is 0.0502 e. The number of hydrogen-bond acceptors (Lipinski definition) is 2. The summed E-state index contributed by atoms with van der Waals surface area (Å²) < 4.78 is 0. The minimum absolute atomic E-state index is 0.0880. The molecule has 1 atom stereocenters. The highest BCUT2D eigenvalue weighted by atomic mass is 15.2. The van der Waals surface area contributed by atoms with E-state index < -0.39 is 0 Å². The predicted octanol–water partition coefficient (Wildman–Crippen LogP) is 3.99. The van der Waals surface area contributed by atoms with Gasteiger partial charge in [-0.1, -0.05) is 26.0 Å². The lowest BCUT2D eigenvalue weighted by atomic mass is 9.83. The summed E-state index contributed by atoms with van der Waals surface area (Å²) in [7, 11) is 2.07. The van der Waals surface area contributed by atoms with E-state index in [9.17, 15) is 0 Å². The van der Waals surface area contributed by atoms with Gasteiger partial charge in [0.1, 0.15) is 0 Å². The zero-order valence-electron chi connectivity index (χ0n) is 14.6. The molecule has 0 saturated carbocycles. The van der Waals surface area contributed by atoms with Gasteiger partial charge in [0.05, 0.1) is 6.04 Å². The maximum absolute atomic E-state index is 3.55. The number of nitrogens with zero attached hydrogens (tertiary/aromatic N) is 1. The van der Waals surface area contributed by atoms with Crippen molar-refractivity contribution < 1.29 is 0 Å². The van der Waals surface area contributed by atoms with Gasteiger partial charge in [-0.25, -0.2) is 0 Å². The van der Waals surface area contributed by atoms with Crippen molar-refractivity contribution in [3.63, 3.8) is 0 Å². The molecule has 1 aromatic carbocycles. The fraction of sp³-hybridized carbons (Fsp3) is 0.667. The summed E-state index contributed by atoms with van der Waals surface area (Å²) in [5.74, 6) is 0. The molecule has 2 nitrogen and oxygen atoms in total. The van der Waals surface area contributed by atoms with E-state index in [1.54, 1.807) is 0 Å². The van der Waals surface area contributed by atoms with Crippen molar-refractivity contribution in [2.45, 2.75) is 60.0 Å². The summed E-state index contributed by atoms with van der Waals surface area (Å²) in [6.45, 7) is 17.9. The number of benzene rings is 1. The first-order chi connectivity index (χ1) is 9.29. The molecule has 0 heterocycles. The largest absolute Gasteiger partial charge is 0.311 e. The number of likely N-dealkylation sites (N-methyl/N-ethyl adjacent to an activating group) is 2. The lowest BCUT2D eigenvalue weighted by Crippen LogP contribution is -2.52. The monoisotopic (exact) mass is 276 g/mol. The second-order valence-corrected chi connectivity index (χ2v) is 6.34. The van der Waals surface area contributed by atoms with Gasteiger partial charge in [-0.15, -0.1) is 0 Å². The van der Waals surface area contributed by atoms with Gasteiger partial charge in [-0.2, -0.15) is 0 Å². The molecule has 0 bridgehead atoms. The van der Waals surface area contributed by atoms with Crippen molar-refractivity contribution in [3.05, 3.63) is 34.4 Å². The normalized spacial score (nSPS) is 13.8. The molecule has 0 saturated heterocycles. The van der Waals surface area contributed by atoms with Crippen molar-refractivity contribution >= 4 is 0 Å². The summed E-state index contributed by atoms with van der Waals surface area (Å²) >= 11 is 0. The lowest BCUT2D eigenvalue weighted by Gasteiger charge is -2.44. The van der Waals surface area contributed by atoms with Gasteiger partial charge >= 0.3 is 0 Å². The van der Waals surface area contributed by atoms with E-state index in [0.717, 1.165) is 13.1 Å². The molecule has 0 aliphatic rings. The second-order valence-electron chi connectivity index (χ2n) is 6.34. The summed E-state index contributed by atoms with van der Waals surface area (Å²) in [4.78, 5) is 2.53. The molecule has 0 amide bonds. The van der Waals surface area contributed by atoms with E-state index >= 15 is 0 Å². The Morgan fingerprint density at radius 3 is 1.95 bits per heavy atom. The van der Waals surface area contributed by atoms with Crippen LogP contribution in [0.2, 0.25) is 0 Å². The number of aryl methyl sites for hydroxylation is 3. The number of rotatable bonds is 6. The lowest BCUT2D eigenvalue weighted by molar-refractivity contribution is 0.0942. The van der Waals surface area contributed by atoms with Crippen molar-refractivity contribution in [3.8, 4) is 0 Å². The quantitative estimate of drug-likeness (QED) is 0.845. The molecule has 20 heavy (non-hydrogen) atoms. The Morgan fingerprint density at radius 1 is 1.00 bits per heavy atom. The van der Waals surface area contributed by atoms with Crippen LogP contribution in [0.1, 0.15) is 56.0 Å². The van der Waals surface area contributed by atoms with Crippen LogP contribution in [0, 0.1) is 20.8 Å². The summed E-state index contributed by atoms with van der Waals surface area (Å²) in [5.41, 5.74) is 5.65. The molecule has 0 aromatic heterocycles. The summed E-state index contributed by atoms with van der Waals surface area (Å²) in [6, 6.07) is 5.01. The standard InChI is InChI=1S/C18H32N2/c1-9-20(10-2)18(6,7)17(19-8)16-12-14(4)13(3)11-15(16)5/h11-12,17,19H,9-10H2,1-8H3. The Kier molecular flexibility index (Phi) is 5.79. The molecule has 0 radical (unpaired) electrons. The third-order valence-electron chi connectivity index (χ3n) is 4.77. The van der Waals surface area contributed by atoms with Crippen LogP contribution in [0.25, 0.3) is 0 Å². The van der Waals surface area contributed by atoms with Gasteiger partial charge in [-0.05, 0) is 77.0 Å². The molecule has 0 aliphatic heterocycles. The van der Waals surface area contributed by atoms with E-state index in [2.05, 4.69) is 77.9 Å². The molecule has 0 spiro atoms. The van der Waals surface area contributed by atoms with E-state index in [1.807, 2.05) is 0 Å². The Bertz CT molecular complexity index is 445. The molecular weight excluding hydrogens is 244 g/mol. The van der Waals surface area contributed by atoms with Gasteiger partial charge < -0.3 is 5.32 Å². The van der Waals surface area contributed by atoms with Crippen LogP contribution in [0.3, 0.4) is 0 Å². The van der Waals surface area contributed by atoms with Crippen molar-refractivity contribution in [2.24, 2.45) is 0 Å². The molecule has 114 valence electrons. The van der Waals surface area contributed by atoms with Crippen LogP contribution in [-0.2, 0) is 0 Å². The highest BCUT2D eigenvalue weighted by molar-refractivity contribution is 5.39. The summed E-state index contributed by atoms with van der Waals surface area (Å²) in [6.07, 6.45) is 0. The molecule has 1 rings (SSSR count). The van der Waals surface area contributed by atoms with E-state index in [-0.39, 0.29) is 5.54 Å². The van der Waals surface area contributed by atoms with Gasteiger partial charge in [0.15, 0.2) is 0 Å².